The van der Waals surface area contributed by atoms with Gasteiger partial charge in [0.2, 0.25) is 11.8 Å². The number of carbonyl (C=O) groups excluding carboxylic acids is 2. The Morgan fingerprint density at radius 1 is 0.872 bits per heavy atom. The minimum Gasteiger partial charge on any atom is -0.354 e. The highest BCUT2D eigenvalue weighted by Crippen LogP contribution is 2.25. The topological polar surface area (TPSA) is 86.8 Å². The zero-order valence-electron chi connectivity index (χ0n) is 23.3. The molecule has 2 amide bonds. The summed E-state index contributed by atoms with van der Waals surface area (Å²) in [4.78, 5) is 28.7. The number of aryl methyl sites for hydroxylation is 2. The molecule has 0 aliphatic rings. The molecule has 3 aromatic carbocycles. The minimum absolute atomic E-state index is 0.103. The fourth-order valence-electron chi connectivity index (χ4n) is 4.41. The third kappa shape index (κ3) is 7.93. The summed E-state index contributed by atoms with van der Waals surface area (Å²) in [6, 6.07) is 22.7. The number of benzene rings is 3. The van der Waals surface area contributed by atoms with E-state index in [0.29, 0.717) is 25.1 Å². The van der Waals surface area contributed by atoms with Gasteiger partial charge in [-0.1, -0.05) is 74.0 Å². The van der Waals surface area contributed by atoms with Gasteiger partial charge in [-0.3, -0.25) is 13.9 Å². The van der Waals surface area contributed by atoms with Crippen molar-refractivity contribution in [3.8, 4) is 0 Å². The summed E-state index contributed by atoms with van der Waals surface area (Å²) >= 11 is 0. The Hall–Kier alpha value is -3.65. The first kappa shape index (κ1) is 29.9. The second-order valence-corrected chi connectivity index (χ2v) is 11.6. The van der Waals surface area contributed by atoms with Gasteiger partial charge in [0, 0.05) is 13.1 Å². The number of anilines is 1. The molecule has 0 bridgehead atoms. The van der Waals surface area contributed by atoms with Gasteiger partial charge in [0.05, 0.1) is 10.6 Å². The van der Waals surface area contributed by atoms with E-state index in [1.807, 2.05) is 64.1 Å². The van der Waals surface area contributed by atoms with Gasteiger partial charge in [0.1, 0.15) is 12.6 Å². The zero-order valence-corrected chi connectivity index (χ0v) is 24.1. The molecule has 3 rings (SSSR count). The lowest BCUT2D eigenvalue weighted by Gasteiger charge is -2.33. The molecule has 0 aromatic heterocycles. The third-order valence-electron chi connectivity index (χ3n) is 6.60. The van der Waals surface area contributed by atoms with Crippen LogP contribution in [0.2, 0.25) is 0 Å². The van der Waals surface area contributed by atoms with E-state index < -0.39 is 28.5 Å². The molecule has 0 spiro atoms. The highest BCUT2D eigenvalue weighted by Gasteiger charge is 2.33. The monoisotopic (exact) mass is 549 g/mol. The van der Waals surface area contributed by atoms with Gasteiger partial charge in [-0.15, -0.1) is 0 Å². The van der Waals surface area contributed by atoms with Crippen LogP contribution in [-0.2, 0) is 26.0 Å². The number of carbonyl (C=O) groups is 2. The molecule has 0 saturated heterocycles. The summed E-state index contributed by atoms with van der Waals surface area (Å²) in [5.74, 6) is -0.661. The number of hydrogen-bond acceptors (Lipinski definition) is 4. The molecule has 39 heavy (non-hydrogen) atoms. The van der Waals surface area contributed by atoms with Crippen molar-refractivity contribution in [2.75, 3.05) is 23.9 Å². The van der Waals surface area contributed by atoms with Crippen molar-refractivity contribution >= 4 is 27.5 Å². The van der Waals surface area contributed by atoms with Crippen LogP contribution in [0.1, 0.15) is 43.4 Å². The zero-order chi connectivity index (χ0) is 28.4. The van der Waals surface area contributed by atoms with E-state index >= 15 is 0 Å². The van der Waals surface area contributed by atoms with E-state index in [-0.39, 0.29) is 17.3 Å². The molecule has 7 nitrogen and oxygen atoms in total. The molecule has 208 valence electrons. The summed E-state index contributed by atoms with van der Waals surface area (Å²) in [5.41, 5.74) is 3.23. The number of sulfonamides is 1. The van der Waals surface area contributed by atoms with Crippen LogP contribution in [0.25, 0.3) is 0 Å². The van der Waals surface area contributed by atoms with Crippen molar-refractivity contribution < 1.29 is 18.0 Å². The molecule has 3 aromatic rings. The largest absolute Gasteiger partial charge is 0.354 e. The Morgan fingerprint density at radius 2 is 1.56 bits per heavy atom. The summed E-state index contributed by atoms with van der Waals surface area (Å²) < 4.78 is 28.9. The summed E-state index contributed by atoms with van der Waals surface area (Å²) in [5, 5.41) is 2.91. The van der Waals surface area contributed by atoms with Crippen LogP contribution in [0.5, 0.6) is 0 Å². The first-order valence-electron chi connectivity index (χ1n) is 13.4. The minimum atomic E-state index is -4.06. The summed E-state index contributed by atoms with van der Waals surface area (Å²) in [6.45, 7) is 7.96. The molecule has 8 heteroatoms. The highest BCUT2D eigenvalue weighted by atomic mass is 32.2. The van der Waals surface area contributed by atoms with Crippen molar-refractivity contribution in [2.45, 2.75) is 57.9 Å². The molecule has 0 saturated carbocycles. The molecular formula is C31H39N3O4S. The number of nitrogens with zero attached hydrogens (tertiary/aromatic N) is 2. The fourth-order valence-corrected chi connectivity index (χ4v) is 5.82. The summed E-state index contributed by atoms with van der Waals surface area (Å²) in [6.07, 6.45) is 1.72. The predicted octanol–water partition coefficient (Wildman–Crippen LogP) is 4.87. The fraction of sp³-hybridized carbons (Fsp3) is 0.355. The molecule has 0 aliphatic carbocycles. The van der Waals surface area contributed by atoms with Gasteiger partial charge in [-0.2, -0.15) is 0 Å². The SMILES string of the molecule is CCCNC(=O)[C@@H](CC)N(CCc1ccccc1)C(=O)CN(c1cccc(C)c1)S(=O)(=O)c1ccc(C)cc1. The van der Waals surface area contributed by atoms with E-state index in [9.17, 15) is 18.0 Å². The average Bonchev–Trinajstić information content (AvgIpc) is 2.93. The number of hydrogen-bond donors (Lipinski definition) is 1. The molecule has 0 aliphatic heterocycles. The molecule has 1 N–H and O–H groups in total. The van der Waals surface area contributed by atoms with Crippen LogP contribution in [0.3, 0.4) is 0 Å². The highest BCUT2D eigenvalue weighted by molar-refractivity contribution is 7.92. The van der Waals surface area contributed by atoms with E-state index in [4.69, 9.17) is 0 Å². The predicted molar refractivity (Wildman–Crippen MR) is 156 cm³/mol. The third-order valence-corrected chi connectivity index (χ3v) is 8.38. The second kappa shape index (κ2) is 13.9. The van der Waals surface area contributed by atoms with Crippen LogP contribution in [-0.4, -0.2) is 50.8 Å². The van der Waals surface area contributed by atoms with Crippen LogP contribution in [0, 0.1) is 13.8 Å². The first-order valence-corrected chi connectivity index (χ1v) is 14.9. The Kier molecular flexibility index (Phi) is 10.7. The van der Waals surface area contributed by atoms with Gasteiger partial charge < -0.3 is 10.2 Å². The Bertz CT molecular complexity index is 1340. The van der Waals surface area contributed by atoms with Crippen LogP contribution in [0.4, 0.5) is 5.69 Å². The van der Waals surface area contributed by atoms with Crippen molar-refractivity contribution in [3.63, 3.8) is 0 Å². The lowest BCUT2D eigenvalue weighted by Crippen LogP contribution is -2.53. The smallest absolute Gasteiger partial charge is 0.264 e. The van der Waals surface area contributed by atoms with Crippen molar-refractivity contribution in [1.82, 2.24) is 10.2 Å². The normalized spacial score (nSPS) is 12.0. The quantitative estimate of drug-likeness (QED) is 0.329. The van der Waals surface area contributed by atoms with E-state index in [2.05, 4.69) is 5.32 Å². The van der Waals surface area contributed by atoms with Gasteiger partial charge in [0.15, 0.2) is 0 Å². The first-order chi connectivity index (χ1) is 18.7. The van der Waals surface area contributed by atoms with Crippen molar-refractivity contribution in [2.24, 2.45) is 0 Å². The number of nitrogens with one attached hydrogen (secondary N) is 1. The average molecular weight is 550 g/mol. The Labute approximate surface area is 232 Å². The molecule has 0 radical (unpaired) electrons. The van der Waals surface area contributed by atoms with Crippen LogP contribution >= 0.6 is 0 Å². The lowest BCUT2D eigenvalue weighted by atomic mass is 10.1. The van der Waals surface area contributed by atoms with Crippen LogP contribution < -0.4 is 9.62 Å². The molecule has 1 atom stereocenters. The number of rotatable bonds is 13. The Balaban J connectivity index is 2.00. The molecular weight excluding hydrogens is 510 g/mol. The summed E-state index contributed by atoms with van der Waals surface area (Å²) in [7, 11) is -4.06. The van der Waals surface area contributed by atoms with Crippen molar-refractivity contribution in [1.29, 1.82) is 0 Å². The van der Waals surface area contributed by atoms with Gasteiger partial charge in [-0.25, -0.2) is 8.42 Å². The molecule has 0 heterocycles. The maximum absolute atomic E-state index is 14.0. The van der Waals surface area contributed by atoms with Gasteiger partial charge >= 0.3 is 0 Å². The standard InChI is InChI=1S/C31H39N3O4S/c1-5-20-32-31(36)29(6-2)33(21-19-26-12-8-7-9-13-26)30(35)23-34(27-14-10-11-25(4)22-27)39(37,38)28-17-15-24(3)16-18-28/h7-18,22,29H,5-6,19-21,23H2,1-4H3,(H,32,36)/t29-/m1/s1. The molecule has 0 unspecified atom stereocenters. The second-order valence-electron chi connectivity index (χ2n) is 9.70. The Morgan fingerprint density at radius 3 is 2.18 bits per heavy atom. The number of amides is 2. The van der Waals surface area contributed by atoms with E-state index in [1.165, 1.54) is 4.90 Å². The maximum atomic E-state index is 14.0. The van der Waals surface area contributed by atoms with Crippen molar-refractivity contribution in [3.05, 3.63) is 95.6 Å². The maximum Gasteiger partial charge on any atom is 0.264 e. The molecule has 0 fully saturated rings. The lowest BCUT2D eigenvalue weighted by molar-refractivity contribution is -0.139. The van der Waals surface area contributed by atoms with Gasteiger partial charge in [0.25, 0.3) is 10.0 Å². The van der Waals surface area contributed by atoms with Crippen LogP contribution in [0.15, 0.2) is 83.8 Å². The van der Waals surface area contributed by atoms with E-state index in [0.717, 1.165) is 27.4 Å². The van der Waals surface area contributed by atoms with E-state index in [1.54, 1.807) is 42.5 Å². The van der Waals surface area contributed by atoms with Gasteiger partial charge in [-0.05, 0) is 68.5 Å².